The highest BCUT2D eigenvalue weighted by molar-refractivity contribution is 7.15. The lowest BCUT2D eigenvalue weighted by atomic mass is 10.1. The Bertz CT molecular complexity index is 1090. The fourth-order valence-corrected chi connectivity index (χ4v) is 4.16. The standard InChI is InChI=1S/C24H22F3NO4S/c1-3-19-21(33-22(28-19)16-7-9-17(10-8-16)24(25,26)27)14-32-18-11-5-15(6-12-18)13-20(23(29)30)31-4-2/h4-12,20H,2-3,13-14H2,1H3,(H,29,30)/t20-/m1/s1. The highest BCUT2D eigenvalue weighted by Gasteiger charge is 2.30. The van der Waals surface area contributed by atoms with Crippen LogP contribution >= 0.6 is 11.3 Å². The molecular weight excluding hydrogens is 455 g/mol. The Kier molecular flexibility index (Phi) is 7.75. The van der Waals surface area contributed by atoms with Crippen molar-refractivity contribution in [2.75, 3.05) is 0 Å². The number of hydrogen-bond acceptors (Lipinski definition) is 5. The van der Waals surface area contributed by atoms with Crippen molar-refractivity contribution in [2.45, 2.75) is 38.7 Å². The molecule has 3 rings (SSSR count). The van der Waals surface area contributed by atoms with E-state index in [1.165, 1.54) is 23.5 Å². The Labute approximate surface area is 193 Å². The van der Waals surface area contributed by atoms with Crippen molar-refractivity contribution >= 4 is 17.3 Å². The van der Waals surface area contributed by atoms with Crippen LogP contribution in [-0.4, -0.2) is 22.2 Å². The third-order valence-corrected chi connectivity index (χ3v) is 5.94. The lowest BCUT2D eigenvalue weighted by Gasteiger charge is -2.12. The van der Waals surface area contributed by atoms with Crippen LogP contribution in [0.3, 0.4) is 0 Å². The number of nitrogens with zero attached hydrogens (tertiary/aromatic N) is 1. The monoisotopic (exact) mass is 477 g/mol. The number of ether oxygens (including phenoxy) is 2. The summed E-state index contributed by atoms with van der Waals surface area (Å²) in [5.74, 6) is -0.474. The van der Waals surface area contributed by atoms with Crippen LogP contribution in [0, 0.1) is 0 Å². The second-order valence-electron chi connectivity index (χ2n) is 7.08. The summed E-state index contributed by atoms with van der Waals surface area (Å²) in [6, 6.07) is 12.0. The van der Waals surface area contributed by atoms with E-state index in [9.17, 15) is 18.0 Å². The number of halogens is 3. The molecule has 0 amide bonds. The van der Waals surface area contributed by atoms with E-state index in [0.29, 0.717) is 22.7 Å². The molecule has 0 aliphatic rings. The first-order chi connectivity index (χ1) is 15.7. The number of carboxylic acids is 1. The Morgan fingerprint density at radius 2 is 1.85 bits per heavy atom. The predicted molar refractivity (Wildman–Crippen MR) is 119 cm³/mol. The summed E-state index contributed by atoms with van der Waals surface area (Å²) >= 11 is 1.38. The zero-order chi connectivity index (χ0) is 24.0. The van der Waals surface area contributed by atoms with Gasteiger partial charge in [0.15, 0.2) is 6.10 Å². The Morgan fingerprint density at radius 1 is 1.18 bits per heavy atom. The fraction of sp³-hybridized carbons (Fsp3) is 0.250. The molecule has 33 heavy (non-hydrogen) atoms. The molecule has 0 aliphatic carbocycles. The summed E-state index contributed by atoms with van der Waals surface area (Å²) in [6.45, 7) is 5.60. The Balaban J connectivity index is 1.67. The van der Waals surface area contributed by atoms with Crippen LogP contribution in [0.5, 0.6) is 5.75 Å². The quantitative estimate of drug-likeness (QED) is 0.356. The molecule has 0 saturated heterocycles. The van der Waals surface area contributed by atoms with Gasteiger partial charge in [0.2, 0.25) is 0 Å². The maximum absolute atomic E-state index is 12.8. The van der Waals surface area contributed by atoms with Gasteiger partial charge in [0, 0.05) is 12.0 Å². The van der Waals surface area contributed by atoms with E-state index in [1.807, 2.05) is 6.92 Å². The smallest absolute Gasteiger partial charge is 0.416 e. The number of carboxylic acid groups (broad SMARTS) is 1. The average Bonchev–Trinajstić information content (AvgIpc) is 3.21. The molecule has 1 heterocycles. The van der Waals surface area contributed by atoms with Gasteiger partial charge in [-0.15, -0.1) is 11.3 Å². The van der Waals surface area contributed by atoms with Gasteiger partial charge in [0.05, 0.1) is 22.4 Å². The maximum atomic E-state index is 12.8. The van der Waals surface area contributed by atoms with Crippen LogP contribution in [0.4, 0.5) is 13.2 Å². The summed E-state index contributed by atoms with van der Waals surface area (Å²) in [4.78, 5) is 16.6. The number of aromatic nitrogens is 1. The SMILES string of the molecule is C=CO[C@H](Cc1ccc(OCc2sc(-c3ccc(C(F)(F)F)cc3)nc2CC)cc1)C(=O)O. The summed E-state index contributed by atoms with van der Waals surface area (Å²) in [5, 5.41) is 9.80. The third-order valence-electron chi connectivity index (χ3n) is 4.82. The molecule has 0 fully saturated rings. The van der Waals surface area contributed by atoms with Crippen molar-refractivity contribution < 1.29 is 32.5 Å². The van der Waals surface area contributed by atoms with E-state index in [0.717, 1.165) is 34.5 Å². The van der Waals surface area contributed by atoms with Crippen molar-refractivity contribution in [2.24, 2.45) is 0 Å². The van der Waals surface area contributed by atoms with E-state index >= 15 is 0 Å². The summed E-state index contributed by atoms with van der Waals surface area (Å²) in [6.07, 6.45) is -3.43. The Morgan fingerprint density at radius 3 is 2.39 bits per heavy atom. The number of hydrogen-bond donors (Lipinski definition) is 1. The van der Waals surface area contributed by atoms with Gasteiger partial charge in [-0.05, 0) is 36.2 Å². The van der Waals surface area contributed by atoms with Crippen molar-refractivity contribution in [3.05, 3.63) is 83.1 Å². The topological polar surface area (TPSA) is 68.7 Å². The van der Waals surface area contributed by atoms with Gasteiger partial charge in [-0.3, -0.25) is 0 Å². The predicted octanol–water partition coefficient (Wildman–Crippen LogP) is 6.13. The molecule has 0 aliphatic heterocycles. The number of aliphatic carboxylic acids is 1. The number of thiazole rings is 1. The summed E-state index contributed by atoms with van der Waals surface area (Å²) < 4.78 is 49.3. The van der Waals surface area contributed by atoms with E-state index in [4.69, 9.17) is 14.6 Å². The van der Waals surface area contributed by atoms with Crippen LogP contribution in [0.15, 0.2) is 61.4 Å². The number of benzene rings is 2. The molecule has 9 heteroatoms. The lowest BCUT2D eigenvalue weighted by Crippen LogP contribution is -2.24. The summed E-state index contributed by atoms with van der Waals surface area (Å²) in [7, 11) is 0. The molecule has 0 spiro atoms. The highest BCUT2D eigenvalue weighted by Crippen LogP contribution is 2.33. The first kappa shape index (κ1) is 24.3. The van der Waals surface area contributed by atoms with Crippen LogP contribution in [0.2, 0.25) is 0 Å². The minimum atomic E-state index is -4.38. The van der Waals surface area contributed by atoms with Crippen molar-refractivity contribution in [3.63, 3.8) is 0 Å². The van der Waals surface area contributed by atoms with Gasteiger partial charge in [-0.1, -0.05) is 37.8 Å². The second kappa shape index (κ2) is 10.5. The molecule has 3 aromatic rings. The van der Waals surface area contributed by atoms with E-state index in [2.05, 4.69) is 11.6 Å². The number of aryl methyl sites for hydroxylation is 1. The highest BCUT2D eigenvalue weighted by atomic mass is 32.1. The summed E-state index contributed by atoms with van der Waals surface area (Å²) in [5.41, 5.74) is 1.52. The zero-order valence-corrected chi connectivity index (χ0v) is 18.6. The number of rotatable bonds is 10. The maximum Gasteiger partial charge on any atom is 0.416 e. The molecular formula is C24H22F3NO4S. The second-order valence-corrected chi connectivity index (χ2v) is 8.17. The molecule has 1 atom stereocenters. The number of alkyl halides is 3. The van der Waals surface area contributed by atoms with Gasteiger partial charge in [0.25, 0.3) is 0 Å². The normalized spacial score (nSPS) is 12.2. The molecule has 174 valence electrons. The molecule has 0 unspecified atom stereocenters. The minimum absolute atomic E-state index is 0.187. The third kappa shape index (κ3) is 6.35. The molecule has 1 N–H and O–H groups in total. The van der Waals surface area contributed by atoms with Gasteiger partial charge in [-0.2, -0.15) is 13.2 Å². The van der Waals surface area contributed by atoms with E-state index < -0.39 is 23.8 Å². The molecule has 1 aromatic heterocycles. The van der Waals surface area contributed by atoms with Crippen LogP contribution < -0.4 is 4.74 Å². The fourth-order valence-electron chi connectivity index (χ4n) is 3.09. The van der Waals surface area contributed by atoms with Crippen LogP contribution in [0.1, 0.15) is 28.6 Å². The molecule has 5 nitrogen and oxygen atoms in total. The molecule has 0 radical (unpaired) electrons. The minimum Gasteiger partial charge on any atom is -0.488 e. The first-order valence-corrected chi connectivity index (χ1v) is 10.9. The van der Waals surface area contributed by atoms with Gasteiger partial charge in [0.1, 0.15) is 17.4 Å². The van der Waals surface area contributed by atoms with Crippen molar-refractivity contribution in [3.8, 4) is 16.3 Å². The molecule has 0 bridgehead atoms. The Hall–Kier alpha value is -3.33. The zero-order valence-electron chi connectivity index (χ0n) is 17.8. The molecule has 2 aromatic carbocycles. The van der Waals surface area contributed by atoms with Crippen LogP contribution in [0.25, 0.3) is 10.6 Å². The van der Waals surface area contributed by atoms with Gasteiger partial charge < -0.3 is 14.6 Å². The van der Waals surface area contributed by atoms with Crippen molar-refractivity contribution in [1.29, 1.82) is 0 Å². The van der Waals surface area contributed by atoms with Gasteiger partial charge >= 0.3 is 12.1 Å². The largest absolute Gasteiger partial charge is 0.488 e. The molecule has 0 saturated carbocycles. The van der Waals surface area contributed by atoms with E-state index in [-0.39, 0.29) is 13.0 Å². The van der Waals surface area contributed by atoms with E-state index in [1.54, 1.807) is 24.3 Å². The number of carbonyl (C=O) groups is 1. The van der Waals surface area contributed by atoms with Crippen LogP contribution in [-0.2, 0) is 35.2 Å². The first-order valence-electron chi connectivity index (χ1n) is 10.1. The lowest BCUT2D eigenvalue weighted by molar-refractivity contribution is -0.146. The van der Waals surface area contributed by atoms with Gasteiger partial charge in [-0.25, -0.2) is 9.78 Å². The average molecular weight is 478 g/mol. The van der Waals surface area contributed by atoms with Crippen molar-refractivity contribution in [1.82, 2.24) is 4.98 Å².